The molecule has 2 aromatic rings. The van der Waals surface area contributed by atoms with Crippen molar-refractivity contribution >= 4 is 52.1 Å². The van der Waals surface area contributed by atoms with Gasteiger partial charge in [0.1, 0.15) is 6.04 Å². The van der Waals surface area contributed by atoms with Crippen LogP contribution >= 0.6 is 34.8 Å². The summed E-state index contributed by atoms with van der Waals surface area (Å²) in [5.74, 6) is -0.315. The average Bonchev–Trinajstić information content (AvgIpc) is 2.72. The Balaban J connectivity index is 2.22. The number of hydrogen-bond donors (Lipinski definition) is 2. The van der Waals surface area contributed by atoms with E-state index in [9.17, 15) is 4.79 Å². The molecule has 0 spiro atoms. The fourth-order valence-electron chi connectivity index (χ4n) is 1.73. The van der Waals surface area contributed by atoms with Crippen LogP contribution in [0.4, 0.5) is 11.4 Å². The van der Waals surface area contributed by atoms with Crippen LogP contribution in [0, 0.1) is 6.92 Å². The summed E-state index contributed by atoms with van der Waals surface area (Å²) in [4.78, 5) is 12.3. The molecule has 0 saturated heterocycles. The SMILES string of the molecule is Cc1nn(C(C)C(=O)Nc2c(N)cc(Cl)cc2Cl)cc1Cl. The number of amides is 1. The van der Waals surface area contributed by atoms with Crippen molar-refractivity contribution in [2.24, 2.45) is 0 Å². The molecule has 21 heavy (non-hydrogen) atoms. The Morgan fingerprint density at radius 2 is 2.00 bits per heavy atom. The molecule has 0 saturated carbocycles. The van der Waals surface area contributed by atoms with Crippen LogP contribution in [0.2, 0.25) is 15.1 Å². The maximum atomic E-state index is 12.3. The van der Waals surface area contributed by atoms with E-state index in [4.69, 9.17) is 40.5 Å². The first-order chi connectivity index (χ1) is 9.79. The summed E-state index contributed by atoms with van der Waals surface area (Å²) in [5.41, 5.74) is 7.08. The zero-order valence-electron chi connectivity index (χ0n) is 11.3. The second-order valence-electron chi connectivity index (χ2n) is 4.56. The summed E-state index contributed by atoms with van der Waals surface area (Å²) in [6.07, 6.45) is 1.59. The van der Waals surface area contributed by atoms with Crippen LogP contribution in [0.1, 0.15) is 18.7 Å². The number of anilines is 2. The summed E-state index contributed by atoms with van der Waals surface area (Å²) in [6, 6.07) is 2.46. The molecule has 0 fully saturated rings. The van der Waals surface area contributed by atoms with Gasteiger partial charge >= 0.3 is 0 Å². The second-order valence-corrected chi connectivity index (χ2v) is 5.81. The minimum Gasteiger partial charge on any atom is -0.397 e. The summed E-state index contributed by atoms with van der Waals surface area (Å²) < 4.78 is 1.48. The molecular weight excluding hydrogens is 335 g/mol. The topological polar surface area (TPSA) is 72.9 Å². The Bertz CT molecular complexity index is 656. The fraction of sp³-hybridized carbons (Fsp3) is 0.231. The van der Waals surface area contributed by atoms with E-state index in [1.165, 1.54) is 16.8 Å². The lowest BCUT2D eigenvalue weighted by molar-refractivity contribution is -0.119. The number of nitrogens with zero attached hydrogens (tertiary/aromatic N) is 2. The molecule has 1 unspecified atom stereocenters. The van der Waals surface area contributed by atoms with Crippen LogP contribution in [0.25, 0.3) is 0 Å². The summed E-state index contributed by atoms with van der Waals surface area (Å²) in [5, 5.41) is 8.02. The first-order valence-corrected chi connectivity index (χ1v) is 7.19. The van der Waals surface area contributed by atoms with E-state index in [0.29, 0.717) is 27.1 Å². The molecule has 5 nitrogen and oxygen atoms in total. The lowest BCUT2D eigenvalue weighted by Crippen LogP contribution is -2.24. The van der Waals surface area contributed by atoms with Crippen molar-refractivity contribution < 1.29 is 4.79 Å². The highest BCUT2D eigenvalue weighted by Crippen LogP contribution is 2.32. The van der Waals surface area contributed by atoms with Crippen molar-refractivity contribution in [1.29, 1.82) is 0 Å². The van der Waals surface area contributed by atoms with Gasteiger partial charge in [0.25, 0.3) is 0 Å². The molecule has 0 bridgehead atoms. The fourth-order valence-corrected chi connectivity index (χ4v) is 2.43. The average molecular weight is 348 g/mol. The molecule has 1 amide bonds. The van der Waals surface area contributed by atoms with Gasteiger partial charge in [0.15, 0.2) is 0 Å². The number of rotatable bonds is 3. The molecular formula is C13H13Cl3N4O. The first-order valence-electron chi connectivity index (χ1n) is 6.06. The second kappa shape index (κ2) is 6.13. The van der Waals surface area contributed by atoms with E-state index >= 15 is 0 Å². The van der Waals surface area contributed by atoms with Gasteiger partial charge in [-0.05, 0) is 26.0 Å². The van der Waals surface area contributed by atoms with Crippen molar-refractivity contribution in [2.75, 3.05) is 11.1 Å². The standard InChI is InChI=1S/C13H13Cl3N4O/c1-6-10(16)5-20(19-6)7(2)13(21)18-12-9(15)3-8(14)4-11(12)17/h3-5,7H,17H2,1-2H3,(H,18,21). The maximum absolute atomic E-state index is 12.3. The van der Waals surface area contributed by atoms with Gasteiger partial charge in [0, 0.05) is 11.2 Å². The highest BCUT2D eigenvalue weighted by Gasteiger charge is 2.19. The van der Waals surface area contributed by atoms with Crippen LogP contribution in [0.5, 0.6) is 0 Å². The number of nitrogen functional groups attached to an aromatic ring is 1. The van der Waals surface area contributed by atoms with E-state index in [1.807, 2.05) is 0 Å². The lowest BCUT2D eigenvalue weighted by Gasteiger charge is -2.15. The largest absolute Gasteiger partial charge is 0.397 e. The van der Waals surface area contributed by atoms with Crippen LogP contribution in [-0.4, -0.2) is 15.7 Å². The number of hydrogen-bond acceptors (Lipinski definition) is 3. The van der Waals surface area contributed by atoms with E-state index in [2.05, 4.69) is 10.4 Å². The van der Waals surface area contributed by atoms with E-state index in [1.54, 1.807) is 20.0 Å². The zero-order chi connectivity index (χ0) is 15.7. The summed E-state index contributed by atoms with van der Waals surface area (Å²) in [7, 11) is 0. The minimum absolute atomic E-state index is 0.273. The number of carbonyl (C=O) groups is 1. The Hall–Kier alpha value is -1.43. The molecule has 1 atom stereocenters. The molecule has 1 heterocycles. The number of benzene rings is 1. The number of carbonyl (C=O) groups excluding carboxylic acids is 1. The van der Waals surface area contributed by atoms with Crippen LogP contribution in [0.3, 0.4) is 0 Å². The third kappa shape index (κ3) is 3.43. The van der Waals surface area contributed by atoms with Gasteiger partial charge in [0.05, 0.1) is 27.1 Å². The van der Waals surface area contributed by atoms with Gasteiger partial charge in [-0.3, -0.25) is 9.48 Å². The third-order valence-electron chi connectivity index (χ3n) is 2.97. The number of aryl methyl sites for hydroxylation is 1. The smallest absolute Gasteiger partial charge is 0.249 e. The number of aromatic nitrogens is 2. The molecule has 1 aromatic heterocycles. The molecule has 112 valence electrons. The number of halogens is 3. The van der Waals surface area contributed by atoms with Crippen molar-refractivity contribution in [2.45, 2.75) is 19.9 Å². The molecule has 1 aromatic carbocycles. The maximum Gasteiger partial charge on any atom is 0.249 e. The van der Waals surface area contributed by atoms with Crippen molar-refractivity contribution in [1.82, 2.24) is 9.78 Å². The molecule has 0 radical (unpaired) electrons. The molecule has 0 aliphatic carbocycles. The molecule has 2 rings (SSSR count). The Morgan fingerprint density at radius 1 is 1.33 bits per heavy atom. The molecule has 0 aliphatic rings. The first kappa shape index (κ1) is 15.9. The van der Waals surface area contributed by atoms with Crippen molar-refractivity contribution in [3.63, 3.8) is 0 Å². The van der Waals surface area contributed by atoms with Gasteiger partial charge in [-0.25, -0.2) is 0 Å². The van der Waals surface area contributed by atoms with Gasteiger partial charge in [0.2, 0.25) is 5.91 Å². The lowest BCUT2D eigenvalue weighted by atomic mass is 10.2. The van der Waals surface area contributed by atoms with E-state index < -0.39 is 6.04 Å². The highest BCUT2D eigenvalue weighted by atomic mass is 35.5. The Labute approximate surface area is 137 Å². The summed E-state index contributed by atoms with van der Waals surface area (Å²) >= 11 is 17.8. The summed E-state index contributed by atoms with van der Waals surface area (Å²) in [6.45, 7) is 3.45. The van der Waals surface area contributed by atoms with Crippen molar-refractivity contribution in [3.05, 3.63) is 39.1 Å². The van der Waals surface area contributed by atoms with Gasteiger partial charge in [-0.1, -0.05) is 34.8 Å². The van der Waals surface area contributed by atoms with E-state index in [-0.39, 0.29) is 10.9 Å². The Kier molecular flexibility index (Phi) is 4.66. The highest BCUT2D eigenvalue weighted by molar-refractivity contribution is 6.37. The van der Waals surface area contributed by atoms with Gasteiger partial charge < -0.3 is 11.1 Å². The van der Waals surface area contributed by atoms with Gasteiger partial charge in [-0.15, -0.1) is 0 Å². The quantitative estimate of drug-likeness (QED) is 0.826. The van der Waals surface area contributed by atoms with Crippen LogP contribution in [0.15, 0.2) is 18.3 Å². The molecule has 3 N–H and O–H groups in total. The Morgan fingerprint density at radius 3 is 2.52 bits per heavy atom. The predicted octanol–water partition coefficient (Wildman–Crippen LogP) is 3.93. The van der Waals surface area contributed by atoms with Crippen LogP contribution < -0.4 is 11.1 Å². The zero-order valence-corrected chi connectivity index (χ0v) is 13.6. The normalized spacial score (nSPS) is 12.2. The van der Waals surface area contributed by atoms with Gasteiger partial charge in [-0.2, -0.15) is 5.10 Å². The molecule has 8 heteroatoms. The predicted molar refractivity (Wildman–Crippen MR) is 86.2 cm³/mol. The third-order valence-corrected chi connectivity index (χ3v) is 3.85. The number of nitrogens with two attached hydrogens (primary N) is 1. The minimum atomic E-state index is -0.567. The van der Waals surface area contributed by atoms with Crippen molar-refractivity contribution in [3.8, 4) is 0 Å². The number of nitrogens with one attached hydrogen (secondary N) is 1. The monoisotopic (exact) mass is 346 g/mol. The van der Waals surface area contributed by atoms with E-state index in [0.717, 1.165) is 0 Å². The van der Waals surface area contributed by atoms with Crippen LogP contribution in [-0.2, 0) is 4.79 Å². The molecule has 0 aliphatic heterocycles.